The van der Waals surface area contributed by atoms with Crippen molar-refractivity contribution in [2.75, 3.05) is 47.4 Å². The molecular weight excluding hydrogens is 224 g/mol. The van der Waals surface area contributed by atoms with Crippen LogP contribution in [0.2, 0.25) is 0 Å². The van der Waals surface area contributed by atoms with Gasteiger partial charge in [-0.3, -0.25) is 0 Å². The third kappa shape index (κ3) is 8.06. The smallest absolute Gasteiger partial charge is 0.0513 e. The molecule has 0 aliphatic rings. The predicted molar refractivity (Wildman–Crippen MR) is 80.1 cm³/mol. The van der Waals surface area contributed by atoms with E-state index in [-0.39, 0.29) is 5.41 Å². The first-order chi connectivity index (χ1) is 8.24. The van der Waals surface area contributed by atoms with Crippen molar-refractivity contribution in [1.29, 1.82) is 0 Å². The van der Waals surface area contributed by atoms with Crippen LogP contribution in [0.25, 0.3) is 0 Å². The Morgan fingerprint density at radius 1 is 1.17 bits per heavy atom. The molecule has 1 atom stereocenters. The average Bonchev–Trinajstić information content (AvgIpc) is 2.23. The summed E-state index contributed by atoms with van der Waals surface area (Å²) in [6.07, 6.45) is 2.40. The lowest BCUT2D eigenvalue weighted by Crippen LogP contribution is -2.39. The maximum absolute atomic E-state index is 5.33. The van der Waals surface area contributed by atoms with Crippen molar-refractivity contribution in [3.63, 3.8) is 0 Å². The highest BCUT2D eigenvalue weighted by molar-refractivity contribution is 4.83. The Kier molecular flexibility index (Phi) is 8.08. The number of ether oxygens (including phenoxy) is 1. The number of hydrogen-bond acceptors (Lipinski definition) is 3. The minimum absolute atomic E-state index is 0.253. The summed E-state index contributed by atoms with van der Waals surface area (Å²) < 4.78 is 5.33. The molecule has 0 aliphatic carbocycles. The van der Waals surface area contributed by atoms with Gasteiger partial charge in [-0.1, -0.05) is 27.7 Å². The van der Waals surface area contributed by atoms with E-state index in [4.69, 9.17) is 4.74 Å². The summed E-state index contributed by atoms with van der Waals surface area (Å²) in [4.78, 5) is 2.21. The zero-order chi connectivity index (χ0) is 14.2. The van der Waals surface area contributed by atoms with Crippen LogP contribution in [0.15, 0.2) is 0 Å². The summed E-state index contributed by atoms with van der Waals surface area (Å²) in [5.74, 6) is 0. The highest BCUT2D eigenvalue weighted by atomic mass is 16.5. The van der Waals surface area contributed by atoms with Gasteiger partial charge in [0.15, 0.2) is 0 Å². The van der Waals surface area contributed by atoms with Gasteiger partial charge >= 0.3 is 0 Å². The summed E-state index contributed by atoms with van der Waals surface area (Å²) in [6, 6.07) is 0. The molecule has 0 aromatic rings. The summed E-state index contributed by atoms with van der Waals surface area (Å²) in [6.45, 7) is 13.3. The van der Waals surface area contributed by atoms with Crippen LogP contribution < -0.4 is 5.32 Å². The fraction of sp³-hybridized carbons (Fsp3) is 1.00. The molecule has 1 N–H and O–H groups in total. The number of nitrogens with zero attached hydrogens (tertiary/aromatic N) is 1. The number of rotatable bonds is 10. The van der Waals surface area contributed by atoms with Crippen LogP contribution >= 0.6 is 0 Å². The lowest BCUT2D eigenvalue weighted by atomic mass is 9.72. The molecule has 3 nitrogen and oxygen atoms in total. The van der Waals surface area contributed by atoms with E-state index in [0.717, 1.165) is 26.2 Å². The second-order valence-electron chi connectivity index (χ2n) is 6.92. The average molecular weight is 258 g/mol. The normalized spacial score (nSPS) is 16.0. The molecule has 0 spiro atoms. The Bertz CT molecular complexity index is 217. The van der Waals surface area contributed by atoms with E-state index < -0.39 is 0 Å². The minimum Gasteiger partial charge on any atom is -0.384 e. The summed E-state index contributed by atoms with van der Waals surface area (Å²) in [5.41, 5.74) is 0.608. The van der Waals surface area contributed by atoms with E-state index in [9.17, 15) is 0 Å². The van der Waals surface area contributed by atoms with Crippen LogP contribution in [0.4, 0.5) is 0 Å². The summed E-state index contributed by atoms with van der Waals surface area (Å²) in [5, 5.41) is 3.59. The fourth-order valence-electron chi connectivity index (χ4n) is 2.60. The molecule has 0 aromatic heterocycles. The van der Waals surface area contributed by atoms with Crippen LogP contribution in [0.5, 0.6) is 0 Å². The van der Waals surface area contributed by atoms with Crippen molar-refractivity contribution in [1.82, 2.24) is 10.2 Å². The second kappa shape index (κ2) is 8.13. The van der Waals surface area contributed by atoms with Gasteiger partial charge in [0, 0.05) is 26.7 Å². The van der Waals surface area contributed by atoms with Crippen LogP contribution in [0.3, 0.4) is 0 Å². The molecular formula is C15H34N2O. The third-order valence-electron chi connectivity index (χ3n) is 3.58. The SMILES string of the molecule is CCC(C)(CNCCN(C)C)CC(C)(C)COC. The maximum Gasteiger partial charge on any atom is 0.0513 e. The monoisotopic (exact) mass is 258 g/mol. The van der Waals surface area contributed by atoms with Gasteiger partial charge < -0.3 is 15.0 Å². The van der Waals surface area contributed by atoms with Gasteiger partial charge in [-0.05, 0) is 37.8 Å². The fourth-order valence-corrected chi connectivity index (χ4v) is 2.60. The molecule has 0 aromatic carbocycles. The zero-order valence-corrected chi connectivity index (χ0v) is 13.6. The van der Waals surface area contributed by atoms with Crippen molar-refractivity contribution < 1.29 is 4.74 Å². The highest BCUT2D eigenvalue weighted by Gasteiger charge is 2.30. The van der Waals surface area contributed by atoms with Crippen molar-refractivity contribution >= 4 is 0 Å². The molecule has 1 unspecified atom stereocenters. The molecule has 0 aliphatic heterocycles. The van der Waals surface area contributed by atoms with Crippen molar-refractivity contribution in [2.45, 2.75) is 40.5 Å². The molecule has 110 valence electrons. The van der Waals surface area contributed by atoms with Gasteiger partial charge in [0.2, 0.25) is 0 Å². The Morgan fingerprint density at radius 2 is 1.78 bits per heavy atom. The van der Waals surface area contributed by atoms with E-state index in [1.807, 2.05) is 0 Å². The van der Waals surface area contributed by atoms with Gasteiger partial charge in [0.25, 0.3) is 0 Å². The van der Waals surface area contributed by atoms with Crippen molar-refractivity contribution in [2.24, 2.45) is 10.8 Å². The quantitative estimate of drug-likeness (QED) is 0.610. The zero-order valence-electron chi connectivity index (χ0n) is 13.6. The summed E-state index contributed by atoms with van der Waals surface area (Å²) >= 11 is 0. The van der Waals surface area contributed by atoms with Crippen LogP contribution in [0.1, 0.15) is 40.5 Å². The molecule has 0 rings (SSSR count). The molecule has 0 amide bonds. The number of nitrogens with one attached hydrogen (secondary N) is 1. The number of likely N-dealkylation sites (N-methyl/N-ethyl adjacent to an activating group) is 1. The van der Waals surface area contributed by atoms with Crippen LogP contribution in [-0.4, -0.2) is 52.3 Å². The molecule has 0 saturated heterocycles. The first kappa shape index (κ1) is 17.9. The standard InChI is InChI=1S/C15H34N2O/c1-8-15(4,11-14(2,3)13-18-7)12-16-9-10-17(5)6/h16H,8-13H2,1-7H3. The van der Waals surface area contributed by atoms with Gasteiger partial charge in [-0.25, -0.2) is 0 Å². The van der Waals surface area contributed by atoms with E-state index in [1.54, 1.807) is 7.11 Å². The topological polar surface area (TPSA) is 24.5 Å². The van der Waals surface area contributed by atoms with Crippen LogP contribution in [0, 0.1) is 10.8 Å². The molecule has 0 fully saturated rings. The van der Waals surface area contributed by atoms with Gasteiger partial charge in [-0.15, -0.1) is 0 Å². The van der Waals surface area contributed by atoms with Gasteiger partial charge in [0.1, 0.15) is 0 Å². The Hall–Kier alpha value is -0.120. The molecule has 0 saturated carbocycles. The van der Waals surface area contributed by atoms with E-state index in [1.165, 1.54) is 12.8 Å². The highest BCUT2D eigenvalue weighted by Crippen LogP contribution is 2.36. The first-order valence-corrected chi connectivity index (χ1v) is 7.09. The molecule has 0 bridgehead atoms. The van der Waals surface area contributed by atoms with Gasteiger partial charge in [-0.2, -0.15) is 0 Å². The third-order valence-corrected chi connectivity index (χ3v) is 3.58. The van der Waals surface area contributed by atoms with E-state index in [0.29, 0.717) is 5.41 Å². The van der Waals surface area contributed by atoms with E-state index in [2.05, 4.69) is 52.0 Å². The Labute approximate surface area is 114 Å². The Balaban J connectivity index is 4.17. The summed E-state index contributed by atoms with van der Waals surface area (Å²) in [7, 11) is 6.02. The minimum atomic E-state index is 0.253. The maximum atomic E-state index is 5.33. The molecule has 18 heavy (non-hydrogen) atoms. The predicted octanol–water partition coefficient (Wildman–Crippen LogP) is 2.62. The largest absolute Gasteiger partial charge is 0.384 e. The molecule has 3 heteroatoms. The van der Waals surface area contributed by atoms with Crippen molar-refractivity contribution in [3.8, 4) is 0 Å². The molecule has 0 heterocycles. The van der Waals surface area contributed by atoms with Crippen LogP contribution in [-0.2, 0) is 4.74 Å². The van der Waals surface area contributed by atoms with E-state index >= 15 is 0 Å². The molecule has 0 radical (unpaired) electrons. The number of methoxy groups -OCH3 is 1. The lowest BCUT2D eigenvalue weighted by Gasteiger charge is -2.37. The number of hydrogen-bond donors (Lipinski definition) is 1. The van der Waals surface area contributed by atoms with Gasteiger partial charge in [0.05, 0.1) is 6.61 Å². The lowest BCUT2D eigenvalue weighted by molar-refractivity contribution is 0.0606. The first-order valence-electron chi connectivity index (χ1n) is 7.09. The Morgan fingerprint density at radius 3 is 2.22 bits per heavy atom. The second-order valence-corrected chi connectivity index (χ2v) is 6.92. The van der Waals surface area contributed by atoms with Crippen molar-refractivity contribution in [3.05, 3.63) is 0 Å².